The summed E-state index contributed by atoms with van der Waals surface area (Å²) in [6.45, 7) is 0. The number of benzene rings is 1. The Morgan fingerprint density at radius 2 is 2.14 bits per heavy atom. The standard InChI is InChI=1S/C8H3Br2FN2O/c9-5-1-6(10)8(13-3-14)4(2-12)7(5)11/h1,3H,(H,13,14). The zero-order valence-electron chi connectivity index (χ0n) is 6.64. The van der Waals surface area contributed by atoms with Crippen LogP contribution in [0, 0.1) is 17.1 Å². The molecule has 1 N–H and O–H groups in total. The Morgan fingerprint density at radius 3 is 2.64 bits per heavy atom. The average Bonchev–Trinajstić information content (AvgIpc) is 2.15. The molecule has 0 saturated heterocycles. The minimum absolute atomic E-state index is 0.128. The van der Waals surface area contributed by atoms with Gasteiger partial charge in [-0.25, -0.2) is 4.39 Å². The van der Waals surface area contributed by atoms with Crippen molar-refractivity contribution in [2.24, 2.45) is 0 Å². The second-order valence-electron chi connectivity index (χ2n) is 2.28. The van der Waals surface area contributed by atoms with E-state index in [9.17, 15) is 9.18 Å². The lowest BCUT2D eigenvalue weighted by Crippen LogP contribution is -2.00. The molecular weight excluding hydrogens is 319 g/mol. The zero-order valence-corrected chi connectivity index (χ0v) is 9.82. The van der Waals surface area contributed by atoms with Gasteiger partial charge in [-0.15, -0.1) is 0 Å². The number of nitriles is 1. The molecule has 0 spiro atoms. The van der Waals surface area contributed by atoms with E-state index in [1.54, 1.807) is 6.07 Å². The van der Waals surface area contributed by atoms with Crippen molar-refractivity contribution in [2.45, 2.75) is 0 Å². The van der Waals surface area contributed by atoms with Crippen LogP contribution >= 0.6 is 31.9 Å². The Kier molecular flexibility index (Phi) is 3.61. The predicted octanol–water partition coefficient (Wildman–Crippen LogP) is 2.79. The Labute approximate surface area is 96.2 Å². The van der Waals surface area contributed by atoms with E-state index in [0.717, 1.165) is 0 Å². The van der Waals surface area contributed by atoms with Gasteiger partial charge in [0.25, 0.3) is 0 Å². The molecule has 14 heavy (non-hydrogen) atoms. The number of carbonyl (C=O) groups excluding carboxylic acids is 1. The van der Waals surface area contributed by atoms with Crippen molar-refractivity contribution in [1.82, 2.24) is 0 Å². The molecule has 6 heteroatoms. The molecule has 0 saturated carbocycles. The molecule has 0 aliphatic heterocycles. The molecule has 0 aliphatic rings. The number of carbonyl (C=O) groups is 1. The number of hydrogen-bond acceptors (Lipinski definition) is 2. The highest BCUT2D eigenvalue weighted by Gasteiger charge is 2.15. The van der Waals surface area contributed by atoms with E-state index in [2.05, 4.69) is 37.2 Å². The van der Waals surface area contributed by atoms with E-state index in [1.165, 1.54) is 6.07 Å². The van der Waals surface area contributed by atoms with Crippen molar-refractivity contribution >= 4 is 44.0 Å². The summed E-state index contributed by atoms with van der Waals surface area (Å²) < 4.78 is 13.9. The molecular formula is C8H3Br2FN2O. The molecule has 3 nitrogen and oxygen atoms in total. The first-order valence-corrected chi connectivity index (χ1v) is 4.98. The Balaban J connectivity index is 3.48. The van der Waals surface area contributed by atoms with Crippen LogP contribution in [0.2, 0.25) is 0 Å². The van der Waals surface area contributed by atoms with Crippen LogP contribution in [0.15, 0.2) is 15.0 Å². The number of halogens is 3. The normalized spacial score (nSPS) is 9.29. The summed E-state index contributed by atoms with van der Waals surface area (Å²) in [6, 6.07) is 3.09. The van der Waals surface area contributed by atoms with Gasteiger partial charge in [0, 0.05) is 4.47 Å². The molecule has 0 radical (unpaired) electrons. The third-order valence-electron chi connectivity index (χ3n) is 1.49. The first-order valence-electron chi connectivity index (χ1n) is 3.39. The summed E-state index contributed by atoms with van der Waals surface area (Å²) in [4.78, 5) is 10.2. The van der Waals surface area contributed by atoms with Crippen LogP contribution in [0.5, 0.6) is 0 Å². The molecule has 0 bridgehead atoms. The first-order chi connectivity index (χ1) is 6.61. The average molecular weight is 322 g/mol. The smallest absolute Gasteiger partial charge is 0.211 e. The number of anilines is 1. The Morgan fingerprint density at radius 1 is 1.50 bits per heavy atom. The molecule has 0 unspecified atom stereocenters. The zero-order chi connectivity index (χ0) is 10.7. The third kappa shape index (κ3) is 1.94. The van der Waals surface area contributed by atoms with Crippen molar-refractivity contribution in [2.75, 3.05) is 5.32 Å². The van der Waals surface area contributed by atoms with Crippen LogP contribution in [0.1, 0.15) is 5.56 Å². The van der Waals surface area contributed by atoms with Crippen LogP contribution in [0.25, 0.3) is 0 Å². The minimum Gasteiger partial charge on any atom is -0.327 e. The number of rotatable bonds is 2. The van der Waals surface area contributed by atoms with Gasteiger partial charge in [0.05, 0.1) is 10.2 Å². The van der Waals surface area contributed by atoms with Crippen molar-refractivity contribution in [3.63, 3.8) is 0 Å². The molecule has 0 heterocycles. The van der Waals surface area contributed by atoms with Crippen LogP contribution in [0.3, 0.4) is 0 Å². The van der Waals surface area contributed by atoms with Crippen LogP contribution in [-0.4, -0.2) is 6.41 Å². The summed E-state index contributed by atoms with van der Waals surface area (Å²) in [6.07, 6.45) is 0.383. The maximum atomic E-state index is 13.3. The van der Waals surface area contributed by atoms with Crippen molar-refractivity contribution in [3.05, 3.63) is 26.4 Å². The van der Waals surface area contributed by atoms with Crippen molar-refractivity contribution in [1.29, 1.82) is 5.26 Å². The summed E-state index contributed by atoms with van der Waals surface area (Å²) >= 11 is 6.06. The largest absolute Gasteiger partial charge is 0.327 e. The monoisotopic (exact) mass is 320 g/mol. The second kappa shape index (κ2) is 4.53. The Bertz CT molecular complexity index is 428. The minimum atomic E-state index is -0.694. The van der Waals surface area contributed by atoms with Gasteiger partial charge in [-0.05, 0) is 37.9 Å². The molecule has 1 aromatic carbocycles. The summed E-state index contributed by atoms with van der Waals surface area (Å²) in [5.41, 5.74) is -0.0819. The van der Waals surface area contributed by atoms with Crippen molar-refractivity contribution in [3.8, 4) is 6.07 Å². The van der Waals surface area contributed by atoms with Gasteiger partial charge in [-0.3, -0.25) is 4.79 Å². The van der Waals surface area contributed by atoms with Gasteiger partial charge >= 0.3 is 0 Å². The van der Waals surface area contributed by atoms with Gasteiger partial charge < -0.3 is 5.32 Å². The lowest BCUT2D eigenvalue weighted by atomic mass is 10.2. The molecule has 0 aromatic heterocycles. The fraction of sp³-hybridized carbons (Fsp3) is 0. The van der Waals surface area contributed by atoms with E-state index < -0.39 is 5.82 Å². The van der Waals surface area contributed by atoms with Crippen LogP contribution in [0.4, 0.5) is 10.1 Å². The summed E-state index contributed by atoms with van der Waals surface area (Å²) in [5.74, 6) is -0.694. The maximum absolute atomic E-state index is 13.3. The fourth-order valence-electron chi connectivity index (χ4n) is 0.900. The van der Waals surface area contributed by atoms with Gasteiger partial charge in [0.2, 0.25) is 6.41 Å². The quantitative estimate of drug-likeness (QED) is 0.672. The summed E-state index contributed by atoms with van der Waals surface area (Å²) in [5, 5.41) is 10.9. The van der Waals surface area contributed by atoms with Gasteiger partial charge in [0.1, 0.15) is 11.6 Å². The molecule has 1 amide bonds. The number of nitrogens with zero attached hydrogens (tertiary/aromatic N) is 1. The summed E-state index contributed by atoms with van der Waals surface area (Å²) in [7, 11) is 0. The van der Waals surface area contributed by atoms with Gasteiger partial charge in [-0.2, -0.15) is 5.26 Å². The van der Waals surface area contributed by atoms with E-state index in [0.29, 0.717) is 10.9 Å². The van der Waals surface area contributed by atoms with Gasteiger partial charge in [0.15, 0.2) is 5.82 Å². The fourth-order valence-corrected chi connectivity index (χ4v) is 2.18. The number of hydrogen-bond donors (Lipinski definition) is 1. The van der Waals surface area contributed by atoms with Gasteiger partial charge in [-0.1, -0.05) is 0 Å². The second-order valence-corrected chi connectivity index (χ2v) is 3.99. The highest BCUT2D eigenvalue weighted by Crippen LogP contribution is 2.32. The van der Waals surface area contributed by atoms with E-state index in [-0.39, 0.29) is 15.7 Å². The molecule has 0 atom stereocenters. The SMILES string of the molecule is N#Cc1c(F)c(Br)cc(Br)c1NC=O. The lowest BCUT2D eigenvalue weighted by molar-refractivity contribution is -0.105. The molecule has 1 aromatic rings. The van der Waals surface area contributed by atoms with Crippen LogP contribution in [-0.2, 0) is 4.79 Å². The van der Waals surface area contributed by atoms with Crippen molar-refractivity contribution < 1.29 is 9.18 Å². The van der Waals surface area contributed by atoms with E-state index in [1.807, 2.05) is 0 Å². The third-order valence-corrected chi connectivity index (χ3v) is 2.69. The Hall–Kier alpha value is -0.930. The maximum Gasteiger partial charge on any atom is 0.211 e. The lowest BCUT2D eigenvalue weighted by Gasteiger charge is -2.07. The number of amides is 1. The topological polar surface area (TPSA) is 52.9 Å². The van der Waals surface area contributed by atoms with E-state index >= 15 is 0 Å². The highest BCUT2D eigenvalue weighted by atomic mass is 79.9. The first kappa shape index (κ1) is 11.1. The molecule has 1 rings (SSSR count). The molecule has 0 aliphatic carbocycles. The number of nitrogens with one attached hydrogen (secondary N) is 1. The van der Waals surface area contributed by atoms with Crippen LogP contribution < -0.4 is 5.32 Å². The molecule has 72 valence electrons. The highest BCUT2D eigenvalue weighted by molar-refractivity contribution is 9.11. The molecule has 0 fully saturated rings. The van der Waals surface area contributed by atoms with E-state index in [4.69, 9.17) is 5.26 Å². The predicted molar refractivity (Wildman–Crippen MR) is 56.2 cm³/mol.